The van der Waals surface area contributed by atoms with Gasteiger partial charge in [-0.15, -0.1) is 0 Å². The third-order valence-corrected chi connectivity index (χ3v) is 4.91. The molecule has 7 nitrogen and oxygen atoms in total. The number of nitrogens with zero attached hydrogens (tertiary/aromatic N) is 1. The highest BCUT2D eigenvalue weighted by atomic mass is 16.6. The molecule has 1 aromatic rings. The minimum Gasteiger partial charge on any atom is -0.479 e. The number of carboxylic acids is 1. The molecule has 2 fully saturated rings. The van der Waals surface area contributed by atoms with Gasteiger partial charge in [-0.2, -0.15) is 0 Å². The van der Waals surface area contributed by atoms with Crippen LogP contribution in [0, 0.1) is 11.8 Å². The highest BCUT2D eigenvalue weighted by Crippen LogP contribution is 2.29. The van der Waals surface area contributed by atoms with Gasteiger partial charge in [-0.25, -0.2) is 9.59 Å². The topological polar surface area (TPSA) is 99.1 Å². The normalized spacial score (nSPS) is 21.0. The number of likely N-dealkylation sites (tertiary alicyclic amines) is 1. The molecule has 2 aliphatic rings. The van der Waals surface area contributed by atoms with Gasteiger partial charge in [-0.1, -0.05) is 30.3 Å². The summed E-state index contributed by atoms with van der Waals surface area (Å²) in [4.78, 5) is 23.8. The van der Waals surface area contributed by atoms with Crippen molar-refractivity contribution in [2.45, 2.75) is 45.3 Å². The van der Waals surface area contributed by atoms with Crippen LogP contribution in [0.4, 0.5) is 4.79 Å². The number of piperidine rings is 1. The summed E-state index contributed by atoms with van der Waals surface area (Å²) in [7, 11) is 0. The Balaban J connectivity index is 0.000000221. The van der Waals surface area contributed by atoms with Crippen LogP contribution in [0.1, 0.15) is 45.3 Å². The third kappa shape index (κ3) is 6.80. The molecule has 2 heterocycles. The molecule has 2 saturated heterocycles. The van der Waals surface area contributed by atoms with Crippen LogP contribution in [0.2, 0.25) is 0 Å². The molecule has 1 amide bonds. The molecule has 3 N–H and O–H groups in total. The molecule has 28 heavy (non-hydrogen) atoms. The first-order valence-corrected chi connectivity index (χ1v) is 9.82. The van der Waals surface area contributed by atoms with Gasteiger partial charge in [0.15, 0.2) is 6.10 Å². The summed E-state index contributed by atoms with van der Waals surface area (Å²) in [6.07, 6.45) is 1.02. The quantitative estimate of drug-likeness (QED) is 0.731. The van der Waals surface area contributed by atoms with Crippen LogP contribution >= 0.6 is 0 Å². The number of hydrogen-bond donors (Lipinski definition) is 3. The van der Waals surface area contributed by atoms with E-state index in [0.717, 1.165) is 32.1 Å². The highest BCUT2D eigenvalue weighted by Gasteiger charge is 2.38. The fourth-order valence-corrected chi connectivity index (χ4v) is 3.35. The number of carbonyl (C=O) groups excluding carboxylic acids is 1. The largest absolute Gasteiger partial charge is 0.479 e. The maximum absolute atomic E-state index is 11.8. The Morgan fingerprint density at radius 3 is 2.32 bits per heavy atom. The highest BCUT2D eigenvalue weighted by molar-refractivity contribution is 5.73. The van der Waals surface area contributed by atoms with Crippen molar-refractivity contribution >= 4 is 12.1 Å². The first-order chi connectivity index (χ1) is 13.2. The van der Waals surface area contributed by atoms with Gasteiger partial charge in [-0.3, -0.25) is 0 Å². The number of aliphatic hydroxyl groups is 1. The first-order valence-electron chi connectivity index (χ1n) is 9.82. The summed E-state index contributed by atoms with van der Waals surface area (Å²) in [5.74, 6) is 0.203. The molecule has 1 aromatic carbocycles. The van der Waals surface area contributed by atoms with E-state index in [1.54, 1.807) is 30.3 Å². The number of rotatable bonds is 3. The van der Waals surface area contributed by atoms with Gasteiger partial charge >= 0.3 is 12.1 Å². The molecule has 156 valence electrons. The summed E-state index contributed by atoms with van der Waals surface area (Å²) < 4.78 is 5.35. The third-order valence-electron chi connectivity index (χ3n) is 4.91. The second-order valence-electron chi connectivity index (χ2n) is 8.40. The van der Waals surface area contributed by atoms with Crippen LogP contribution in [0.3, 0.4) is 0 Å². The van der Waals surface area contributed by atoms with E-state index in [4.69, 9.17) is 14.9 Å². The zero-order valence-electron chi connectivity index (χ0n) is 16.9. The molecule has 0 bridgehead atoms. The Labute approximate surface area is 166 Å². The number of ether oxygens (including phenoxy) is 1. The van der Waals surface area contributed by atoms with Gasteiger partial charge in [0.25, 0.3) is 0 Å². The summed E-state index contributed by atoms with van der Waals surface area (Å²) >= 11 is 0. The van der Waals surface area contributed by atoms with Gasteiger partial charge < -0.3 is 25.2 Å². The molecule has 0 aliphatic carbocycles. The molecule has 3 rings (SSSR count). The van der Waals surface area contributed by atoms with Crippen molar-refractivity contribution in [2.75, 3.05) is 26.2 Å². The molecule has 0 unspecified atom stereocenters. The summed E-state index contributed by atoms with van der Waals surface area (Å²) in [6, 6.07) is 8.26. The Kier molecular flexibility index (Phi) is 7.83. The van der Waals surface area contributed by atoms with Crippen molar-refractivity contribution in [1.82, 2.24) is 10.2 Å². The number of carboxylic acid groups (broad SMARTS) is 1. The van der Waals surface area contributed by atoms with Crippen molar-refractivity contribution < 1.29 is 24.5 Å². The maximum Gasteiger partial charge on any atom is 0.410 e. The van der Waals surface area contributed by atoms with E-state index in [-0.39, 0.29) is 11.7 Å². The standard InChI is InChI=1S/C13H24N2O2.C8H8O3/c1-13(2,3)17-12(16)15-8-11(9-15)10-5-4-6-14-7-10;9-7(8(10)11)6-4-2-1-3-5-6/h10-11,14H,4-9H2,1-3H3;1-5,7,9H,(H,10,11)/t10-;7-/m00/s1. The molecular weight excluding hydrogens is 360 g/mol. The predicted molar refractivity (Wildman–Crippen MR) is 106 cm³/mol. The second kappa shape index (κ2) is 9.89. The molecule has 0 aromatic heterocycles. The van der Waals surface area contributed by atoms with Crippen LogP contribution < -0.4 is 5.32 Å². The number of carbonyl (C=O) groups is 2. The zero-order chi connectivity index (χ0) is 20.7. The fourth-order valence-electron chi connectivity index (χ4n) is 3.35. The lowest BCUT2D eigenvalue weighted by molar-refractivity contribution is -0.146. The van der Waals surface area contributed by atoms with Gasteiger partial charge in [0.05, 0.1) is 0 Å². The lowest BCUT2D eigenvalue weighted by atomic mass is 9.81. The van der Waals surface area contributed by atoms with E-state index in [2.05, 4.69) is 5.32 Å². The Morgan fingerprint density at radius 2 is 1.82 bits per heavy atom. The molecule has 0 radical (unpaired) electrons. The van der Waals surface area contributed by atoms with Crippen molar-refractivity contribution in [1.29, 1.82) is 0 Å². The number of nitrogens with one attached hydrogen (secondary N) is 1. The van der Waals surface area contributed by atoms with Gasteiger partial charge in [0.2, 0.25) is 0 Å². The minimum atomic E-state index is -1.41. The molecule has 2 atom stereocenters. The SMILES string of the molecule is CC(C)(C)OC(=O)N1CC([C@H]2CCCNC2)C1.O=C(O)[C@@H](O)c1ccccc1. The van der Waals surface area contributed by atoms with E-state index in [0.29, 0.717) is 11.5 Å². The van der Waals surface area contributed by atoms with E-state index in [1.807, 2.05) is 25.7 Å². The Hall–Kier alpha value is -2.12. The zero-order valence-corrected chi connectivity index (χ0v) is 16.9. The van der Waals surface area contributed by atoms with Gasteiger partial charge in [-0.05, 0) is 64.1 Å². The van der Waals surface area contributed by atoms with Gasteiger partial charge in [0.1, 0.15) is 5.60 Å². The van der Waals surface area contributed by atoms with Crippen molar-refractivity contribution in [3.8, 4) is 0 Å². The van der Waals surface area contributed by atoms with Gasteiger partial charge in [0, 0.05) is 13.1 Å². The average molecular weight is 392 g/mol. The van der Waals surface area contributed by atoms with Crippen LogP contribution in [0.5, 0.6) is 0 Å². The summed E-state index contributed by atoms with van der Waals surface area (Å²) in [5.41, 5.74) is 0.0224. The van der Waals surface area contributed by atoms with Crippen molar-refractivity contribution in [3.05, 3.63) is 35.9 Å². The van der Waals surface area contributed by atoms with Crippen LogP contribution in [-0.2, 0) is 9.53 Å². The van der Waals surface area contributed by atoms with E-state index < -0.39 is 12.1 Å². The molecule has 7 heteroatoms. The average Bonchev–Trinajstić information content (AvgIpc) is 2.60. The predicted octanol–water partition coefficient (Wildman–Crippen LogP) is 2.66. The smallest absolute Gasteiger partial charge is 0.410 e. The number of aliphatic carboxylic acids is 1. The van der Waals surface area contributed by atoms with E-state index in [9.17, 15) is 9.59 Å². The Bertz CT molecular complexity index is 632. The monoisotopic (exact) mass is 392 g/mol. The summed E-state index contributed by atoms with van der Waals surface area (Å²) in [5, 5.41) is 20.8. The van der Waals surface area contributed by atoms with Crippen LogP contribution in [-0.4, -0.2) is 59.0 Å². The Morgan fingerprint density at radius 1 is 1.18 bits per heavy atom. The van der Waals surface area contributed by atoms with Crippen LogP contribution in [0.25, 0.3) is 0 Å². The first kappa shape index (κ1) is 22.2. The summed E-state index contributed by atoms with van der Waals surface area (Å²) in [6.45, 7) is 9.75. The van der Waals surface area contributed by atoms with Crippen LogP contribution in [0.15, 0.2) is 30.3 Å². The second-order valence-corrected chi connectivity index (χ2v) is 8.40. The fraction of sp³-hybridized carbons (Fsp3) is 0.619. The lowest BCUT2D eigenvalue weighted by Crippen LogP contribution is -2.55. The minimum absolute atomic E-state index is 0.155. The maximum atomic E-state index is 11.8. The van der Waals surface area contributed by atoms with Crippen molar-refractivity contribution in [2.24, 2.45) is 11.8 Å². The van der Waals surface area contributed by atoms with Crippen molar-refractivity contribution in [3.63, 3.8) is 0 Å². The van der Waals surface area contributed by atoms with E-state index >= 15 is 0 Å². The molecule has 0 spiro atoms. The van der Waals surface area contributed by atoms with E-state index in [1.165, 1.54) is 12.8 Å². The number of amides is 1. The molecule has 0 saturated carbocycles. The number of benzene rings is 1. The molecule has 2 aliphatic heterocycles. The molecular formula is C21H32N2O5. The lowest BCUT2D eigenvalue weighted by Gasteiger charge is -2.44. The number of aliphatic hydroxyl groups excluding tert-OH is 1. The number of hydrogen-bond acceptors (Lipinski definition) is 5.